The highest BCUT2D eigenvalue weighted by molar-refractivity contribution is 6.16. The predicted molar refractivity (Wildman–Crippen MR) is 82.7 cm³/mol. The maximum absolute atomic E-state index is 12.7. The molecule has 22 heavy (non-hydrogen) atoms. The Kier molecular flexibility index (Phi) is 4.76. The molecule has 6 nitrogen and oxygen atoms in total. The van der Waals surface area contributed by atoms with E-state index < -0.39 is 11.9 Å². The van der Waals surface area contributed by atoms with Crippen LogP contribution in [0.25, 0.3) is 0 Å². The Bertz CT molecular complexity index is 638. The Labute approximate surface area is 130 Å². The molecular weight excluding hydrogens is 282 g/mol. The highest BCUT2D eigenvalue weighted by Crippen LogP contribution is 2.29. The van der Waals surface area contributed by atoms with Crippen LogP contribution in [0.4, 0.5) is 4.79 Å². The number of dihydropyridines is 1. The summed E-state index contributed by atoms with van der Waals surface area (Å²) in [6, 6.07) is -0.457. The molecular formula is C16H20N3O3+. The first-order valence-electron chi connectivity index (χ1n) is 7.36. The molecule has 2 aliphatic rings. The lowest BCUT2D eigenvalue weighted by Crippen LogP contribution is -2.55. The minimum Gasteiger partial charge on any atom is -0.496 e. The molecule has 116 valence electrons. The lowest BCUT2D eigenvalue weighted by molar-refractivity contribution is -0.408. The summed E-state index contributed by atoms with van der Waals surface area (Å²) in [5.41, 5.74) is 0.874. The molecule has 0 radical (unpaired) electrons. The molecule has 0 aromatic carbocycles. The number of rotatable bonds is 5. The van der Waals surface area contributed by atoms with Gasteiger partial charge in [-0.05, 0) is 12.8 Å². The van der Waals surface area contributed by atoms with Crippen molar-refractivity contribution in [1.29, 1.82) is 0 Å². The average molecular weight is 302 g/mol. The third-order valence-electron chi connectivity index (χ3n) is 3.66. The van der Waals surface area contributed by atoms with Crippen LogP contribution < -0.4 is 0 Å². The summed E-state index contributed by atoms with van der Waals surface area (Å²) in [6.07, 6.45) is 8.47. The molecule has 0 saturated heterocycles. The van der Waals surface area contributed by atoms with Crippen molar-refractivity contribution < 1.29 is 18.9 Å². The molecule has 0 spiro atoms. The van der Waals surface area contributed by atoms with Gasteiger partial charge < -0.3 is 4.74 Å². The van der Waals surface area contributed by atoms with Crippen LogP contribution in [0.1, 0.15) is 26.7 Å². The summed E-state index contributed by atoms with van der Waals surface area (Å²) in [5.74, 6) is 2.27. The molecule has 0 fully saturated rings. The fourth-order valence-corrected chi connectivity index (χ4v) is 2.51. The topological polar surface area (TPSA) is 62.0 Å². The van der Waals surface area contributed by atoms with E-state index in [1.54, 1.807) is 13.3 Å². The van der Waals surface area contributed by atoms with E-state index >= 15 is 0 Å². The van der Waals surface area contributed by atoms with Crippen LogP contribution in [0.5, 0.6) is 0 Å². The first-order chi connectivity index (χ1) is 10.6. The Morgan fingerprint density at radius 1 is 1.45 bits per heavy atom. The number of urea groups is 1. The zero-order chi connectivity index (χ0) is 16.3. The van der Waals surface area contributed by atoms with E-state index in [0.717, 1.165) is 16.9 Å². The normalized spacial score (nSPS) is 21.2. The number of aliphatic imine (C=N–C) groups is 1. The summed E-state index contributed by atoms with van der Waals surface area (Å²) >= 11 is 0. The number of allylic oxidation sites excluding steroid dienone is 1. The van der Waals surface area contributed by atoms with Gasteiger partial charge in [-0.3, -0.25) is 4.79 Å². The minimum absolute atomic E-state index is 0.0575. The standard InChI is InChI=1S/C16H20N3O3/c1-5-8-19-15(20)12-13(22-9-6-2)11(7-3)10-17-14(12)18(4)16(19)21/h1,10,12H,6-9H2,2-4H3/q+1. The highest BCUT2D eigenvalue weighted by Gasteiger charge is 2.50. The zero-order valence-corrected chi connectivity index (χ0v) is 13.1. The van der Waals surface area contributed by atoms with Crippen molar-refractivity contribution in [1.82, 2.24) is 4.90 Å². The lowest BCUT2D eigenvalue weighted by atomic mass is 9.94. The zero-order valence-electron chi connectivity index (χ0n) is 13.1. The van der Waals surface area contributed by atoms with Gasteiger partial charge in [0.1, 0.15) is 18.5 Å². The second-order valence-corrected chi connectivity index (χ2v) is 5.11. The first kappa shape index (κ1) is 16.0. The van der Waals surface area contributed by atoms with E-state index in [2.05, 4.69) is 10.9 Å². The number of nitrogens with zero attached hydrogens (tertiary/aromatic N) is 3. The number of fused-ring (bicyclic) bond motifs is 1. The number of hydrogen-bond donors (Lipinski definition) is 0. The fraction of sp³-hybridized carbons (Fsp3) is 0.500. The minimum atomic E-state index is -0.692. The van der Waals surface area contributed by atoms with Crippen LogP contribution in [0.3, 0.4) is 0 Å². The third kappa shape index (κ3) is 2.54. The quantitative estimate of drug-likeness (QED) is 0.570. The van der Waals surface area contributed by atoms with Crippen molar-refractivity contribution in [3.05, 3.63) is 11.3 Å². The van der Waals surface area contributed by atoms with Gasteiger partial charge in [0.15, 0.2) is 5.92 Å². The summed E-state index contributed by atoms with van der Waals surface area (Å²) < 4.78 is 7.18. The van der Waals surface area contributed by atoms with E-state index in [-0.39, 0.29) is 12.5 Å². The van der Waals surface area contributed by atoms with Crippen molar-refractivity contribution in [3.63, 3.8) is 0 Å². The molecule has 0 N–H and O–H groups in total. The van der Waals surface area contributed by atoms with Gasteiger partial charge in [0.05, 0.1) is 13.7 Å². The largest absolute Gasteiger partial charge is 0.496 e. The number of carbonyl (C=O) groups is 2. The number of ether oxygens (including phenoxy) is 1. The van der Waals surface area contributed by atoms with E-state index in [9.17, 15) is 9.59 Å². The molecule has 2 heterocycles. The van der Waals surface area contributed by atoms with Gasteiger partial charge in [0.25, 0.3) is 5.84 Å². The van der Waals surface area contributed by atoms with Crippen LogP contribution >= 0.6 is 0 Å². The molecule has 2 rings (SSSR count). The molecule has 0 aliphatic carbocycles. The van der Waals surface area contributed by atoms with Crippen LogP contribution in [0, 0.1) is 18.3 Å². The van der Waals surface area contributed by atoms with Crippen LogP contribution in [-0.4, -0.2) is 53.7 Å². The molecule has 0 aromatic heterocycles. The predicted octanol–water partition coefficient (Wildman–Crippen LogP) is 1.41. The summed E-state index contributed by atoms with van der Waals surface area (Å²) in [7, 11) is 1.59. The molecule has 0 saturated carbocycles. The molecule has 0 aromatic rings. The maximum atomic E-state index is 12.7. The van der Waals surface area contributed by atoms with Gasteiger partial charge in [0.2, 0.25) is 0 Å². The molecule has 0 bridgehead atoms. The Balaban J connectivity index is 2.53. The van der Waals surface area contributed by atoms with Crippen LogP contribution in [0.2, 0.25) is 0 Å². The van der Waals surface area contributed by atoms with E-state index in [1.807, 2.05) is 13.8 Å². The van der Waals surface area contributed by atoms with Crippen molar-refractivity contribution in [2.45, 2.75) is 26.7 Å². The van der Waals surface area contributed by atoms with E-state index in [1.165, 1.54) is 4.58 Å². The summed E-state index contributed by atoms with van der Waals surface area (Å²) in [5, 5.41) is 0. The third-order valence-corrected chi connectivity index (χ3v) is 3.66. The summed E-state index contributed by atoms with van der Waals surface area (Å²) in [6.45, 7) is 4.42. The SMILES string of the molecule is C#CCN1C(=O)C2C(OCCC)=C(CC)C=NC2=[N+](C)C1=O. The second kappa shape index (κ2) is 6.56. The van der Waals surface area contributed by atoms with Gasteiger partial charge in [-0.1, -0.05) is 19.8 Å². The first-order valence-corrected chi connectivity index (χ1v) is 7.36. The number of amidine groups is 1. The Morgan fingerprint density at radius 3 is 2.77 bits per heavy atom. The maximum Gasteiger partial charge on any atom is 0.446 e. The van der Waals surface area contributed by atoms with Gasteiger partial charge in [-0.2, -0.15) is 9.48 Å². The lowest BCUT2D eigenvalue weighted by Gasteiger charge is -2.29. The van der Waals surface area contributed by atoms with Gasteiger partial charge in [-0.15, -0.1) is 11.4 Å². The van der Waals surface area contributed by atoms with E-state index in [0.29, 0.717) is 24.6 Å². The van der Waals surface area contributed by atoms with Crippen LogP contribution in [0.15, 0.2) is 16.3 Å². The second-order valence-electron chi connectivity index (χ2n) is 5.11. The number of carbonyl (C=O) groups excluding carboxylic acids is 2. The number of hydrogen-bond acceptors (Lipinski definition) is 4. The Hall–Kier alpha value is -2.42. The summed E-state index contributed by atoms with van der Waals surface area (Å²) in [4.78, 5) is 30.3. The highest BCUT2D eigenvalue weighted by atomic mass is 16.5. The van der Waals surface area contributed by atoms with Crippen LogP contribution in [-0.2, 0) is 9.53 Å². The molecule has 1 unspecified atom stereocenters. The molecule has 1 atom stereocenters. The monoisotopic (exact) mass is 302 g/mol. The van der Waals surface area contributed by atoms with Crippen molar-refractivity contribution in [2.75, 3.05) is 20.2 Å². The average Bonchev–Trinajstić information content (AvgIpc) is 2.53. The molecule has 3 amide bonds. The Morgan fingerprint density at radius 2 is 2.18 bits per heavy atom. The van der Waals surface area contributed by atoms with Crippen molar-refractivity contribution >= 4 is 24.0 Å². The van der Waals surface area contributed by atoms with Crippen molar-refractivity contribution in [2.24, 2.45) is 10.9 Å². The van der Waals surface area contributed by atoms with Gasteiger partial charge >= 0.3 is 11.9 Å². The fourth-order valence-electron chi connectivity index (χ4n) is 2.51. The smallest absolute Gasteiger partial charge is 0.446 e. The molecule has 6 heteroatoms. The number of imide groups is 1. The van der Waals surface area contributed by atoms with E-state index in [4.69, 9.17) is 11.2 Å². The van der Waals surface area contributed by atoms with Gasteiger partial charge in [0, 0.05) is 5.57 Å². The van der Waals surface area contributed by atoms with Crippen molar-refractivity contribution in [3.8, 4) is 12.3 Å². The molecule has 2 aliphatic heterocycles. The van der Waals surface area contributed by atoms with Gasteiger partial charge in [-0.25, -0.2) is 4.79 Å². The number of amides is 3. The number of terminal acetylenes is 1.